The Morgan fingerprint density at radius 3 is 2.64 bits per heavy atom. The van der Waals surface area contributed by atoms with E-state index in [0.717, 1.165) is 19.6 Å². The molecule has 11 heavy (non-hydrogen) atoms. The van der Waals surface area contributed by atoms with Gasteiger partial charge in [0.25, 0.3) is 0 Å². The zero-order valence-electron chi connectivity index (χ0n) is 7.54. The van der Waals surface area contributed by atoms with Gasteiger partial charge in [-0.1, -0.05) is 0 Å². The molecule has 0 saturated carbocycles. The summed E-state index contributed by atoms with van der Waals surface area (Å²) in [5.41, 5.74) is 0. The Morgan fingerprint density at radius 1 is 1.45 bits per heavy atom. The fourth-order valence-corrected chi connectivity index (χ4v) is 1.15. The summed E-state index contributed by atoms with van der Waals surface area (Å²) in [6, 6.07) is 0. The summed E-state index contributed by atoms with van der Waals surface area (Å²) < 4.78 is 10.7. The van der Waals surface area contributed by atoms with Gasteiger partial charge in [-0.15, -0.1) is 0 Å². The minimum Gasteiger partial charge on any atom is -0.350 e. The van der Waals surface area contributed by atoms with Crippen molar-refractivity contribution in [1.82, 2.24) is 4.90 Å². The highest BCUT2D eigenvalue weighted by molar-refractivity contribution is 4.64. The first-order valence-corrected chi connectivity index (χ1v) is 4.10. The number of hydrogen-bond donors (Lipinski definition) is 0. The van der Waals surface area contributed by atoms with Gasteiger partial charge in [0.1, 0.15) is 0 Å². The lowest BCUT2D eigenvalue weighted by Gasteiger charge is -2.12. The second-order valence-corrected chi connectivity index (χ2v) is 3.25. The molecule has 1 aliphatic heterocycles. The number of ether oxygens (including phenoxy) is 2. The number of hydrogen-bond acceptors (Lipinski definition) is 3. The molecule has 0 radical (unpaired) electrons. The topological polar surface area (TPSA) is 21.7 Å². The molecule has 0 aromatic heterocycles. The molecule has 1 fully saturated rings. The standard InChI is InChI=1S/C8H17NO2/c1-7-10-6-8(11-7)4-5-9(2)3/h7-8H,4-6H2,1-3H3. The zero-order valence-corrected chi connectivity index (χ0v) is 7.54. The molecule has 0 bridgehead atoms. The van der Waals surface area contributed by atoms with Crippen LogP contribution in [0.25, 0.3) is 0 Å². The molecule has 2 atom stereocenters. The average molecular weight is 159 g/mol. The minimum absolute atomic E-state index is 0.00200. The Balaban J connectivity index is 2.08. The van der Waals surface area contributed by atoms with Crippen LogP contribution in [0.4, 0.5) is 0 Å². The van der Waals surface area contributed by atoms with E-state index >= 15 is 0 Å². The van der Waals surface area contributed by atoms with Crippen molar-refractivity contribution in [3.63, 3.8) is 0 Å². The Hall–Kier alpha value is -0.120. The van der Waals surface area contributed by atoms with Gasteiger partial charge in [-0.25, -0.2) is 0 Å². The van der Waals surface area contributed by atoms with Crippen molar-refractivity contribution < 1.29 is 9.47 Å². The molecule has 1 saturated heterocycles. The third-order valence-corrected chi connectivity index (χ3v) is 1.80. The Labute approximate surface area is 68.3 Å². The van der Waals surface area contributed by atoms with E-state index < -0.39 is 0 Å². The lowest BCUT2D eigenvalue weighted by molar-refractivity contribution is -0.0438. The first-order chi connectivity index (χ1) is 5.18. The molecule has 0 aromatic carbocycles. The number of nitrogens with zero attached hydrogens (tertiary/aromatic N) is 1. The average Bonchev–Trinajstić information content (AvgIpc) is 2.31. The molecule has 0 aromatic rings. The van der Waals surface area contributed by atoms with Crippen LogP contribution in [0.2, 0.25) is 0 Å². The molecule has 1 aliphatic rings. The van der Waals surface area contributed by atoms with E-state index in [9.17, 15) is 0 Å². The molecular weight excluding hydrogens is 142 g/mol. The SMILES string of the molecule is CC1OCC(CCN(C)C)O1. The highest BCUT2D eigenvalue weighted by Gasteiger charge is 2.21. The zero-order chi connectivity index (χ0) is 8.27. The Morgan fingerprint density at radius 2 is 2.18 bits per heavy atom. The van der Waals surface area contributed by atoms with E-state index in [1.165, 1.54) is 0 Å². The Bertz CT molecular complexity index is 117. The maximum Gasteiger partial charge on any atom is 0.155 e. The van der Waals surface area contributed by atoms with Gasteiger partial charge in [0.05, 0.1) is 12.7 Å². The van der Waals surface area contributed by atoms with Crippen molar-refractivity contribution in [3.8, 4) is 0 Å². The smallest absolute Gasteiger partial charge is 0.155 e. The maximum atomic E-state index is 5.46. The molecule has 2 unspecified atom stereocenters. The summed E-state index contributed by atoms with van der Waals surface area (Å²) in [5.74, 6) is 0. The van der Waals surface area contributed by atoms with Crippen molar-refractivity contribution in [3.05, 3.63) is 0 Å². The summed E-state index contributed by atoms with van der Waals surface area (Å²) in [7, 11) is 4.14. The molecule has 0 N–H and O–H groups in total. The molecule has 1 heterocycles. The van der Waals surface area contributed by atoms with E-state index in [4.69, 9.17) is 9.47 Å². The quantitative estimate of drug-likeness (QED) is 0.605. The summed E-state index contributed by atoms with van der Waals surface area (Å²) in [5, 5.41) is 0. The molecule has 66 valence electrons. The Kier molecular flexibility index (Phi) is 3.30. The van der Waals surface area contributed by atoms with Crippen molar-refractivity contribution in [1.29, 1.82) is 0 Å². The summed E-state index contributed by atoms with van der Waals surface area (Å²) in [6.07, 6.45) is 1.38. The van der Waals surface area contributed by atoms with Crippen molar-refractivity contribution in [2.75, 3.05) is 27.2 Å². The summed E-state index contributed by atoms with van der Waals surface area (Å²) in [6.45, 7) is 3.77. The largest absolute Gasteiger partial charge is 0.350 e. The normalized spacial score (nSPS) is 31.6. The highest BCUT2D eigenvalue weighted by Crippen LogP contribution is 2.13. The van der Waals surface area contributed by atoms with Crippen LogP contribution in [0.15, 0.2) is 0 Å². The van der Waals surface area contributed by atoms with Crippen LogP contribution >= 0.6 is 0 Å². The van der Waals surface area contributed by atoms with E-state index in [2.05, 4.69) is 19.0 Å². The predicted octanol–water partition coefficient (Wildman–Crippen LogP) is 0.700. The van der Waals surface area contributed by atoms with E-state index in [0.29, 0.717) is 6.10 Å². The second-order valence-electron chi connectivity index (χ2n) is 3.25. The minimum atomic E-state index is 0.00200. The van der Waals surface area contributed by atoms with Gasteiger partial charge in [0.2, 0.25) is 0 Å². The van der Waals surface area contributed by atoms with Gasteiger partial charge >= 0.3 is 0 Å². The van der Waals surface area contributed by atoms with Crippen LogP contribution in [0, 0.1) is 0 Å². The molecule has 3 nitrogen and oxygen atoms in total. The highest BCUT2D eigenvalue weighted by atomic mass is 16.7. The fraction of sp³-hybridized carbons (Fsp3) is 1.00. The van der Waals surface area contributed by atoms with Crippen LogP contribution in [0.3, 0.4) is 0 Å². The third-order valence-electron chi connectivity index (χ3n) is 1.80. The van der Waals surface area contributed by atoms with E-state index in [1.54, 1.807) is 0 Å². The van der Waals surface area contributed by atoms with Gasteiger partial charge in [0.15, 0.2) is 6.29 Å². The van der Waals surface area contributed by atoms with Crippen LogP contribution < -0.4 is 0 Å². The van der Waals surface area contributed by atoms with Gasteiger partial charge < -0.3 is 14.4 Å². The lowest BCUT2D eigenvalue weighted by atomic mass is 10.2. The van der Waals surface area contributed by atoms with E-state index in [1.807, 2.05) is 6.92 Å². The first-order valence-electron chi connectivity index (χ1n) is 4.10. The first kappa shape index (κ1) is 8.97. The van der Waals surface area contributed by atoms with Crippen molar-refractivity contribution in [2.24, 2.45) is 0 Å². The van der Waals surface area contributed by atoms with Crippen LogP contribution in [-0.4, -0.2) is 44.5 Å². The molecular formula is C8H17NO2. The lowest BCUT2D eigenvalue weighted by Crippen LogP contribution is -2.20. The molecule has 1 rings (SSSR count). The van der Waals surface area contributed by atoms with Crippen LogP contribution in [-0.2, 0) is 9.47 Å². The molecule has 0 spiro atoms. The van der Waals surface area contributed by atoms with E-state index in [-0.39, 0.29) is 6.29 Å². The van der Waals surface area contributed by atoms with Gasteiger partial charge in [0, 0.05) is 6.54 Å². The molecule has 3 heteroatoms. The van der Waals surface area contributed by atoms with Crippen molar-refractivity contribution in [2.45, 2.75) is 25.7 Å². The van der Waals surface area contributed by atoms with Crippen LogP contribution in [0.1, 0.15) is 13.3 Å². The van der Waals surface area contributed by atoms with Gasteiger partial charge in [-0.05, 0) is 27.4 Å². The van der Waals surface area contributed by atoms with Crippen LogP contribution in [0.5, 0.6) is 0 Å². The molecule has 0 aliphatic carbocycles. The monoisotopic (exact) mass is 159 g/mol. The predicted molar refractivity (Wildman–Crippen MR) is 43.5 cm³/mol. The maximum absolute atomic E-state index is 5.46. The third kappa shape index (κ3) is 3.18. The molecule has 0 amide bonds. The van der Waals surface area contributed by atoms with Gasteiger partial charge in [-0.2, -0.15) is 0 Å². The second kappa shape index (κ2) is 4.04. The van der Waals surface area contributed by atoms with Crippen molar-refractivity contribution >= 4 is 0 Å². The number of rotatable bonds is 3. The summed E-state index contributed by atoms with van der Waals surface area (Å²) in [4.78, 5) is 2.16. The van der Waals surface area contributed by atoms with Gasteiger partial charge in [-0.3, -0.25) is 0 Å². The fourth-order valence-electron chi connectivity index (χ4n) is 1.15. The summed E-state index contributed by atoms with van der Waals surface area (Å²) >= 11 is 0.